The van der Waals surface area contributed by atoms with Crippen LogP contribution >= 0.6 is 0 Å². The lowest BCUT2D eigenvalue weighted by Crippen LogP contribution is -2.46. The minimum atomic E-state index is -0.671. The number of hydrogen-bond acceptors (Lipinski definition) is 9. The third kappa shape index (κ3) is 11.2. The van der Waals surface area contributed by atoms with Gasteiger partial charge >= 0.3 is 5.97 Å². The van der Waals surface area contributed by atoms with Gasteiger partial charge in [-0.15, -0.1) is 0 Å². The molecular weight excluding hydrogens is 560 g/mol. The molecule has 44 heavy (non-hydrogen) atoms. The molecule has 1 unspecified atom stereocenters. The summed E-state index contributed by atoms with van der Waals surface area (Å²) in [4.78, 5) is 40.6. The van der Waals surface area contributed by atoms with E-state index in [4.69, 9.17) is 9.57 Å². The largest absolute Gasteiger partial charge is 0.480 e. The fourth-order valence-electron chi connectivity index (χ4n) is 6.84. The van der Waals surface area contributed by atoms with Crippen molar-refractivity contribution in [2.45, 2.75) is 104 Å². The van der Waals surface area contributed by atoms with E-state index in [0.717, 1.165) is 58.4 Å². The maximum Gasteiger partial charge on any atom is 0.320 e. The number of carboxylic acids is 1. The lowest BCUT2D eigenvalue weighted by Gasteiger charge is -2.34. The van der Waals surface area contributed by atoms with Crippen LogP contribution in [0.3, 0.4) is 0 Å². The molecular formula is C33H56N6O5. The summed E-state index contributed by atoms with van der Waals surface area (Å²) < 4.78 is 5.50. The number of nitrogens with one attached hydrogen (secondary N) is 3. The number of aromatic nitrogens is 2. The van der Waals surface area contributed by atoms with Crippen molar-refractivity contribution in [1.82, 2.24) is 26.1 Å². The summed E-state index contributed by atoms with van der Waals surface area (Å²) in [5.41, 5.74) is 2.76. The molecule has 0 radical (unpaired) electrons. The SMILES string of the molecule is CC(C)COC(C)ONC(=O)c1cnc(N2CCC(CNCC3CCC(CN[C@H](C(=O)O)C4CCCCC4)CC3)CC2)nc1. The van der Waals surface area contributed by atoms with E-state index in [1.165, 1.54) is 44.9 Å². The van der Waals surface area contributed by atoms with Crippen LogP contribution in [-0.4, -0.2) is 78.6 Å². The second-order valence-corrected chi connectivity index (χ2v) is 13.7. The fourth-order valence-corrected chi connectivity index (χ4v) is 6.84. The highest BCUT2D eigenvalue weighted by Gasteiger charge is 2.30. The smallest absolute Gasteiger partial charge is 0.320 e. The van der Waals surface area contributed by atoms with Crippen LogP contribution in [-0.2, 0) is 14.4 Å². The highest BCUT2D eigenvalue weighted by Crippen LogP contribution is 2.30. The maximum atomic E-state index is 12.4. The highest BCUT2D eigenvalue weighted by atomic mass is 16.8. The van der Waals surface area contributed by atoms with Gasteiger partial charge in [0.25, 0.3) is 5.91 Å². The topological polar surface area (TPSA) is 138 Å². The number of hydroxylamine groups is 1. The average Bonchev–Trinajstić information content (AvgIpc) is 3.04. The number of nitrogens with zero attached hydrogens (tertiary/aromatic N) is 3. The average molecular weight is 617 g/mol. The van der Waals surface area contributed by atoms with Crippen molar-refractivity contribution in [1.29, 1.82) is 0 Å². The van der Waals surface area contributed by atoms with Crippen LogP contribution in [0.4, 0.5) is 5.95 Å². The first-order chi connectivity index (χ1) is 21.3. The molecule has 1 amide bonds. The molecule has 0 aromatic carbocycles. The van der Waals surface area contributed by atoms with E-state index in [9.17, 15) is 14.7 Å². The Bertz CT molecular complexity index is 989. The molecule has 1 saturated heterocycles. The zero-order valence-electron chi connectivity index (χ0n) is 27.1. The van der Waals surface area contributed by atoms with E-state index >= 15 is 0 Å². The third-order valence-electron chi connectivity index (χ3n) is 9.63. The standard InChI is InChI=1S/C33H56N6O5/c1-23(2)22-43-24(3)44-38-31(40)29-20-36-33(37-21-29)39-15-13-27(14-16-39)18-34-17-25-9-11-26(12-10-25)19-35-30(32(41)42)28-7-5-4-6-8-28/h20-21,23-28,30,34-35H,4-19,22H2,1-3H3,(H,38,40)(H,41,42)/t24?,25?,26?,30-/m0/s1. The Kier molecular flexibility index (Phi) is 14.1. The Hall–Kier alpha value is -2.34. The summed E-state index contributed by atoms with van der Waals surface area (Å²) in [6.45, 7) is 11.2. The summed E-state index contributed by atoms with van der Waals surface area (Å²) in [7, 11) is 0. The molecule has 11 nitrogen and oxygen atoms in total. The van der Waals surface area contributed by atoms with Crippen molar-refractivity contribution < 1.29 is 24.3 Å². The number of anilines is 1. The van der Waals surface area contributed by atoms with Crippen LogP contribution in [0.25, 0.3) is 0 Å². The van der Waals surface area contributed by atoms with E-state index < -0.39 is 18.2 Å². The molecule has 2 aliphatic carbocycles. The molecule has 11 heteroatoms. The first-order valence-electron chi connectivity index (χ1n) is 17.1. The van der Waals surface area contributed by atoms with Crippen molar-refractivity contribution in [3.8, 4) is 0 Å². The van der Waals surface area contributed by atoms with Gasteiger partial charge in [0.15, 0.2) is 6.29 Å². The van der Waals surface area contributed by atoms with Gasteiger partial charge in [-0.3, -0.25) is 9.59 Å². The van der Waals surface area contributed by atoms with Gasteiger partial charge < -0.3 is 25.4 Å². The quantitative estimate of drug-likeness (QED) is 0.156. The van der Waals surface area contributed by atoms with E-state index in [0.29, 0.717) is 47.7 Å². The minimum Gasteiger partial charge on any atom is -0.480 e. The van der Waals surface area contributed by atoms with Gasteiger partial charge in [0.05, 0.1) is 12.2 Å². The van der Waals surface area contributed by atoms with E-state index in [1.807, 2.05) is 0 Å². The Balaban J connectivity index is 1.07. The maximum absolute atomic E-state index is 12.4. The molecule has 4 N–H and O–H groups in total. The molecule has 0 spiro atoms. The number of rotatable bonds is 16. The Morgan fingerprint density at radius 1 is 0.886 bits per heavy atom. The van der Waals surface area contributed by atoms with Crippen LogP contribution < -0.4 is 21.0 Å². The van der Waals surface area contributed by atoms with Crippen LogP contribution in [0.15, 0.2) is 12.4 Å². The van der Waals surface area contributed by atoms with Crippen molar-refractivity contribution in [2.24, 2.45) is 29.6 Å². The zero-order valence-corrected chi connectivity index (χ0v) is 27.1. The van der Waals surface area contributed by atoms with Gasteiger partial charge in [0.1, 0.15) is 6.04 Å². The molecule has 3 fully saturated rings. The molecule has 0 bridgehead atoms. The van der Waals surface area contributed by atoms with Crippen molar-refractivity contribution >= 4 is 17.8 Å². The van der Waals surface area contributed by atoms with Crippen LogP contribution in [0.2, 0.25) is 0 Å². The summed E-state index contributed by atoms with van der Waals surface area (Å²) >= 11 is 0. The number of hydrogen-bond donors (Lipinski definition) is 4. The Morgan fingerprint density at radius 2 is 1.48 bits per heavy atom. The second kappa shape index (κ2) is 18.0. The molecule has 3 aliphatic rings. The van der Waals surface area contributed by atoms with Gasteiger partial charge in [-0.1, -0.05) is 33.1 Å². The molecule has 1 aromatic rings. The minimum absolute atomic E-state index is 0.296. The molecule has 4 rings (SSSR count). The highest BCUT2D eigenvalue weighted by molar-refractivity contribution is 5.92. The van der Waals surface area contributed by atoms with Gasteiger partial charge in [-0.25, -0.2) is 20.3 Å². The molecule has 1 aromatic heterocycles. The molecule has 2 saturated carbocycles. The monoisotopic (exact) mass is 616 g/mol. The van der Waals surface area contributed by atoms with Crippen LogP contribution in [0.1, 0.15) is 102 Å². The fraction of sp³-hybridized carbons (Fsp3) is 0.818. The lowest BCUT2D eigenvalue weighted by atomic mass is 9.80. The number of piperidine rings is 1. The van der Waals surface area contributed by atoms with Crippen LogP contribution in [0, 0.1) is 29.6 Å². The molecule has 2 atom stereocenters. The predicted octanol–water partition coefficient (Wildman–Crippen LogP) is 4.39. The number of aliphatic carboxylic acids is 1. The summed E-state index contributed by atoms with van der Waals surface area (Å²) in [5.74, 6) is 2.22. The van der Waals surface area contributed by atoms with Crippen molar-refractivity contribution in [3.05, 3.63) is 18.0 Å². The first kappa shape index (κ1) is 34.5. The summed E-state index contributed by atoms with van der Waals surface area (Å²) in [6, 6.07) is -0.373. The summed E-state index contributed by atoms with van der Waals surface area (Å²) in [6.07, 6.45) is 15.2. The zero-order chi connectivity index (χ0) is 31.3. The number of carboxylic acid groups (broad SMARTS) is 1. The van der Waals surface area contributed by atoms with Crippen molar-refractivity contribution in [2.75, 3.05) is 44.2 Å². The lowest BCUT2D eigenvalue weighted by molar-refractivity contribution is -0.163. The van der Waals surface area contributed by atoms with Gasteiger partial charge in [-0.2, -0.15) is 0 Å². The number of carbonyl (C=O) groups is 2. The predicted molar refractivity (Wildman–Crippen MR) is 170 cm³/mol. The molecule has 2 heterocycles. The normalized spacial score (nSPS) is 23.4. The van der Waals surface area contributed by atoms with Gasteiger partial charge in [0.2, 0.25) is 5.95 Å². The van der Waals surface area contributed by atoms with E-state index in [1.54, 1.807) is 19.3 Å². The molecule has 1 aliphatic heterocycles. The summed E-state index contributed by atoms with van der Waals surface area (Å²) in [5, 5.41) is 16.9. The number of amides is 1. The number of carbonyl (C=O) groups excluding carboxylic acids is 1. The van der Waals surface area contributed by atoms with E-state index in [2.05, 4.69) is 44.8 Å². The van der Waals surface area contributed by atoms with Gasteiger partial charge in [-0.05, 0) is 108 Å². The third-order valence-corrected chi connectivity index (χ3v) is 9.63. The first-order valence-corrected chi connectivity index (χ1v) is 17.1. The van der Waals surface area contributed by atoms with Gasteiger partial charge in [0, 0.05) is 25.5 Å². The number of ether oxygens (including phenoxy) is 1. The van der Waals surface area contributed by atoms with E-state index in [-0.39, 0.29) is 6.04 Å². The van der Waals surface area contributed by atoms with Crippen molar-refractivity contribution in [3.63, 3.8) is 0 Å². The molecule has 248 valence electrons. The second-order valence-electron chi connectivity index (χ2n) is 13.7. The Morgan fingerprint density at radius 3 is 2.07 bits per heavy atom. The van der Waals surface area contributed by atoms with Crippen LogP contribution in [0.5, 0.6) is 0 Å². The Labute approximate surface area is 263 Å².